The molecule has 1 heterocycles. The first kappa shape index (κ1) is 15.1. The van der Waals surface area contributed by atoms with Crippen LogP contribution in [0.2, 0.25) is 5.02 Å². The minimum Gasteiger partial charge on any atom is -0.489 e. The Morgan fingerprint density at radius 1 is 1.48 bits per heavy atom. The Morgan fingerprint density at radius 2 is 2.29 bits per heavy atom. The SMILES string of the molecule is CC(N)Cc1ccc(OC2CCOC3(CCC3)C2)c(Cl)c1. The largest absolute Gasteiger partial charge is 0.489 e. The third-order valence-corrected chi connectivity index (χ3v) is 4.86. The summed E-state index contributed by atoms with van der Waals surface area (Å²) in [4.78, 5) is 0. The van der Waals surface area contributed by atoms with Crippen LogP contribution in [-0.2, 0) is 11.2 Å². The van der Waals surface area contributed by atoms with E-state index < -0.39 is 0 Å². The zero-order chi connectivity index (χ0) is 14.9. The predicted molar refractivity (Wildman–Crippen MR) is 85.0 cm³/mol. The molecule has 1 saturated carbocycles. The van der Waals surface area contributed by atoms with Crippen molar-refractivity contribution in [2.45, 2.75) is 63.2 Å². The maximum Gasteiger partial charge on any atom is 0.138 e. The highest BCUT2D eigenvalue weighted by Crippen LogP contribution is 2.43. The normalized spacial score (nSPS) is 25.4. The lowest BCUT2D eigenvalue weighted by molar-refractivity contribution is -0.153. The molecule has 1 aromatic rings. The molecule has 2 N–H and O–H groups in total. The summed E-state index contributed by atoms with van der Waals surface area (Å²) < 4.78 is 12.1. The van der Waals surface area contributed by atoms with Gasteiger partial charge in [0.25, 0.3) is 0 Å². The van der Waals surface area contributed by atoms with Crippen LogP contribution in [0.5, 0.6) is 5.75 Å². The molecule has 21 heavy (non-hydrogen) atoms. The van der Waals surface area contributed by atoms with Gasteiger partial charge < -0.3 is 15.2 Å². The van der Waals surface area contributed by atoms with Crippen molar-refractivity contribution in [1.29, 1.82) is 0 Å². The molecule has 1 aliphatic heterocycles. The van der Waals surface area contributed by atoms with Crippen LogP contribution in [0.4, 0.5) is 0 Å². The smallest absolute Gasteiger partial charge is 0.138 e. The highest BCUT2D eigenvalue weighted by Gasteiger charge is 2.43. The van der Waals surface area contributed by atoms with Crippen molar-refractivity contribution in [3.05, 3.63) is 28.8 Å². The molecule has 2 aliphatic rings. The molecule has 3 nitrogen and oxygen atoms in total. The van der Waals surface area contributed by atoms with Crippen molar-refractivity contribution < 1.29 is 9.47 Å². The monoisotopic (exact) mass is 309 g/mol. The summed E-state index contributed by atoms with van der Waals surface area (Å²) >= 11 is 6.35. The molecule has 2 fully saturated rings. The van der Waals surface area contributed by atoms with E-state index in [0.29, 0.717) is 5.02 Å². The molecule has 2 atom stereocenters. The standard InChI is InChI=1S/C17H24ClNO2/c1-12(19)9-13-3-4-16(15(18)10-13)21-14-5-8-20-17(11-14)6-2-7-17/h3-4,10,12,14H,2,5-9,11,19H2,1H3. The van der Waals surface area contributed by atoms with Crippen LogP contribution in [0.3, 0.4) is 0 Å². The second-order valence-corrected chi connectivity index (χ2v) is 6.97. The Bertz CT molecular complexity index is 500. The van der Waals surface area contributed by atoms with Crippen molar-refractivity contribution >= 4 is 11.6 Å². The maximum absolute atomic E-state index is 6.35. The Kier molecular flexibility index (Phi) is 4.43. The highest BCUT2D eigenvalue weighted by molar-refractivity contribution is 6.32. The quantitative estimate of drug-likeness (QED) is 0.922. The van der Waals surface area contributed by atoms with E-state index in [-0.39, 0.29) is 17.7 Å². The Hall–Kier alpha value is -0.770. The van der Waals surface area contributed by atoms with Gasteiger partial charge in [-0.1, -0.05) is 17.7 Å². The molecule has 0 radical (unpaired) electrons. The van der Waals surface area contributed by atoms with Crippen LogP contribution in [-0.4, -0.2) is 24.4 Å². The van der Waals surface area contributed by atoms with Gasteiger partial charge in [-0.3, -0.25) is 0 Å². The van der Waals surface area contributed by atoms with E-state index in [4.69, 9.17) is 26.8 Å². The first-order chi connectivity index (χ1) is 10.1. The third-order valence-electron chi connectivity index (χ3n) is 4.56. The Morgan fingerprint density at radius 3 is 2.90 bits per heavy atom. The Labute approximate surface area is 131 Å². The average Bonchev–Trinajstić information content (AvgIpc) is 2.40. The number of rotatable bonds is 4. The second-order valence-electron chi connectivity index (χ2n) is 6.56. The van der Waals surface area contributed by atoms with Crippen molar-refractivity contribution in [2.75, 3.05) is 6.61 Å². The average molecular weight is 310 g/mol. The topological polar surface area (TPSA) is 44.5 Å². The molecule has 1 aliphatic carbocycles. The molecule has 0 bridgehead atoms. The van der Waals surface area contributed by atoms with E-state index in [0.717, 1.165) is 37.2 Å². The lowest BCUT2D eigenvalue weighted by Gasteiger charge is -2.46. The van der Waals surface area contributed by atoms with Gasteiger partial charge in [0.05, 0.1) is 17.2 Å². The van der Waals surface area contributed by atoms with Crippen molar-refractivity contribution in [1.82, 2.24) is 0 Å². The summed E-state index contributed by atoms with van der Waals surface area (Å²) in [5.74, 6) is 0.784. The third kappa shape index (κ3) is 3.53. The summed E-state index contributed by atoms with van der Waals surface area (Å²) in [6.07, 6.45) is 6.61. The predicted octanol–water partition coefficient (Wildman–Crippen LogP) is 3.71. The Balaban J connectivity index is 1.64. The lowest BCUT2D eigenvalue weighted by Crippen LogP contribution is -2.48. The zero-order valence-corrected chi connectivity index (χ0v) is 13.4. The number of ether oxygens (including phenoxy) is 2. The molecule has 0 aromatic heterocycles. The lowest BCUT2D eigenvalue weighted by atomic mass is 9.74. The summed E-state index contributed by atoms with van der Waals surface area (Å²) in [5.41, 5.74) is 7.08. The number of benzene rings is 1. The number of hydrogen-bond acceptors (Lipinski definition) is 3. The van der Waals surface area contributed by atoms with Gasteiger partial charge in [-0.05, 0) is 50.3 Å². The van der Waals surface area contributed by atoms with Crippen LogP contribution in [0.15, 0.2) is 18.2 Å². The van der Waals surface area contributed by atoms with Crippen LogP contribution >= 0.6 is 11.6 Å². The molecular weight excluding hydrogens is 286 g/mol. The summed E-state index contributed by atoms with van der Waals surface area (Å²) in [6, 6.07) is 6.15. The number of hydrogen-bond donors (Lipinski definition) is 1. The van der Waals surface area contributed by atoms with E-state index in [1.165, 1.54) is 19.3 Å². The van der Waals surface area contributed by atoms with E-state index in [9.17, 15) is 0 Å². The van der Waals surface area contributed by atoms with Crippen LogP contribution in [0.25, 0.3) is 0 Å². The van der Waals surface area contributed by atoms with Gasteiger partial charge in [0.1, 0.15) is 11.9 Å². The highest BCUT2D eigenvalue weighted by atomic mass is 35.5. The summed E-state index contributed by atoms with van der Waals surface area (Å²) in [6.45, 7) is 2.80. The van der Waals surface area contributed by atoms with Crippen LogP contribution in [0, 0.1) is 0 Å². The molecular formula is C17H24ClNO2. The van der Waals surface area contributed by atoms with Crippen LogP contribution in [0.1, 0.15) is 44.6 Å². The van der Waals surface area contributed by atoms with Gasteiger partial charge in [0.15, 0.2) is 0 Å². The molecule has 0 amide bonds. The van der Waals surface area contributed by atoms with E-state index >= 15 is 0 Å². The van der Waals surface area contributed by atoms with E-state index in [1.807, 2.05) is 19.1 Å². The van der Waals surface area contributed by atoms with Crippen molar-refractivity contribution in [2.24, 2.45) is 5.73 Å². The minimum absolute atomic E-state index is 0.102. The van der Waals surface area contributed by atoms with E-state index in [2.05, 4.69) is 6.07 Å². The van der Waals surface area contributed by atoms with E-state index in [1.54, 1.807) is 0 Å². The molecule has 1 saturated heterocycles. The molecule has 2 unspecified atom stereocenters. The fraction of sp³-hybridized carbons (Fsp3) is 0.647. The van der Waals surface area contributed by atoms with Gasteiger partial charge in [0, 0.05) is 18.9 Å². The minimum atomic E-state index is 0.102. The van der Waals surface area contributed by atoms with Crippen LogP contribution < -0.4 is 10.5 Å². The van der Waals surface area contributed by atoms with Gasteiger partial charge >= 0.3 is 0 Å². The molecule has 3 rings (SSSR count). The molecule has 1 spiro atoms. The number of halogens is 1. The van der Waals surface area contributed by atoms with Gasteiger partial charge in [-0.2, -0.15) is 0 Å². The van der Waals surface area contributed by atoms with Gasteiger partial charge in [-0.25, -0.2) is 0 Å². The first-order valence-electron chi connectivity index (χ1n) is 7.91. The summed E-state index contributed by atoms with van der Waals surface area (Å²) in [5, 5.41) is 0.683. The van der Waals surface area contributed by atoms with Gasteiger partial charge in [-0.15, -0.1) is 0 Å². The fourth-order valence-corrected chi connectivity index (χ4v) is 3.57. The first-order valence-corrected chi connectivity index (χ1v) is 8.29. The molecule has 116 valence electrons. The van der Waals surface area contributed by atoms with Crippen molar-refractivity contribution in [3.8, 4) is 5.75 Å². The van der Waals surface area contributed by atoms with Gasteiger partial charge in [0.2, 0.25) is 0 Å². The number of nitrogens with two attached hydrogens (primary N) is 1. The summed E-state index contributed by atoms with van der Waals surface area (Å²) in [7, 11) is 0. The molecule has 4 heteroatoms. The molecule has 1 aromatic carbocycles. The van der Waals surface area contributed by atoms with Crippen molar-refractivity contribution in [3.63, 3.8) is 0 Å². The second kappa shape index (κ2) is 6.15. The fourth-order valence-electron chi connectivity index (χ4n) is 3.32. The maximum atomic E-state index is 6.35. The zero-order valence-electron chi connectivity index (χ0n) is 12.6.